The molecule has 4 atom stereocenters. The number of carbonyl (C=O) groups excluding carboxylic acids is 4. The zero-order valence-corrected chi connectivity index (χ0v) is 34.0. The first-order valence-electron chi connectivity index (χ1n) is 19.1. The number of nitrogen functional groups attached to an aromatic ring is 1. The summed E-state index contributed by atoms with van der Waals surface area (Å²) in [5, 5.41) is 24.7. The molecule has 57 heavy (non-hydrogen) atoms. The van der Waals surface area contributed by atoms with Crippen LogP contribution in [-0.2, 0) is 23.9 Å². The summed E-state index contributed by atoms with van der Waals surface area (Å²) in [4.78, 5) is 64.8. The Morgan fingerprint density at radius 1 is 1.02 bits per heavy atom. The molecule has 2 aliphatic heterocycles. The summed E-state index contributed by atoms with van der Waals surface area (Å²) < 4.78 is 5.51. The number of carbonyl (C=O) groups is 4. The number of esters is 1. The Balaban J connectivity index is 1.09. The standard InChI is InChI=1S/C41H51N9O6S/c1-24(27-11-13-28(14-12-27)36-25(2)43-23-57-36)44-39(54)33-19-29(56-26(3)51)21-50(33)40(55)37(41(4,5)6)45-35(53)22-48-15-17-49(18-16-48)32-20-31(46-47-38(32)42)30-9-7-8-10-34(30)52/h7-14,20,23-24,29,33,37,52H,15-19,21-22H2,1-6H3,(H2,42,47)(H,44,54)(H,45,53)/t24-,29?,33?,37?/m0/s1. The van der Waals surface area contributed by atoms with Crippen LogP contribution in [0.1, 0.15) is 58.3 Å². The van der Waals surface area contributed by atoms with Crippen molar-refractivity contribution in [3.63, 3.8) is 0 Å². The summed E-state index contributed by atoms with van der Waals surface area (Å²) in [6, 6.07) is 14.4. The molecule has 5 N–H and O–H groups in total. The average Bonchev–Trinajstić information content (AvgIpc) is 3.80. The lowest BCUT2D eigenvalue weighted by atomic mass is 9.85. The number of benzene rings is 2. The molecule has 0 aliphatic carbocycles. The number of nitrogens with zero attached hydrogens (tertiary/aromatic N) is 6. The van der Waals surface area contributed by atoms with E-state index in [1.54, 1.807) is 35.6 Å². The van der Waals surface area contributed by atoms with Gasteiger partial charge in [0.25, 0.3) is 0 Å². The van der Waals surface area contributed by atoms with Gasteiger partial charge in [0, 0.05) is 45.1 Å². The van der Waals surface area contributed by atoms with E-state index < -0.39 is 35.5 Å². The SMILES string of the molecule is CC(=O)OC1CC(C(=O)N[C@@H](C)c2ccc(-c3scnc3C)cc2)N(C(=O)C(NC(=O)CN2CCN(c3cc(-c4ccccc4O)nnc3N)CC2)C(C)(C)C)C1. The molecule has 2 aromatic carbocycles. The van der Waals surface area contributed by atoms with Gasteiger partial charge in [-0.15, -0.1) is 21.5 Å². The van der Waals surface area contributed by atoms with Crippen molar-refractivity contribution in [1.82, 2.24) is 35.6 Å². The molecule has 0 saturated carbocycles. The van der Waals surface area contributed by atoms with E-state index >= 15 is 0 Å². The largest absolute Gasteiger partial charge is 0.507 e. The fraction of sp³-hybridized carbons (Fsp3) is 0.439. The second-order valence-electron chi connectivity index (χ2n) is 15.7. The molecule has 16 heteroatoms. The summed E-state index contributed by atoms with van der Waals surface area (Å²) in [5.74, 6) is -1.27. The number of ether oxygens (including phenoxy) is 1. The minimum Gasteiger partial charge on any atom is -0.507 e. The number of para-hydroxylation sites is 1. The van der Waals surface area contributed by atoms with Crippen molar-refractivity contribution in [3.05, 3.63) is 71.4 Å². The van der Waals surface area contributed by atoms with E-state index in [1.165, 1.54) is 11.8 Å². The number of phenolic OH excluding ortho intramolecular Hbond substituents is 1. The summed E-state index contributed by atoms with van der Waals surface area (Å²) in [6.45, 7) is 13.0. The summed E-state index contributed by atoms with van der Waals surface area (Å²) in [6.07, 6.45) is -0.542. The third kappa shape index (κ3) is 9.68. The van der Waals surface area contributed by atoms with E-state index in [0.29, 0.717) is 43.1 Å². The Morgan fingerprint density at radius 3 is 2.35 bits per heavy atom. The number of amides is 3. The first-order chi connectivity index (χ1) is 27.1. The van der Waals surface area contributed by atoms with Gasteiger partial charge in [-0.2, -0.15) is 0 Å². The average molecular weight is 798 g/mol. The zero-order valence-electron chi connectivity index (χ0n) is 33.2. The third-order valence-corrected chi connectivity index (χ3v) is 11.4. The molecule has 302 valence electrons. The smallest absolute Gasteiger partial charge is 0.302 e. The number of anilines is 2. The van der Waals surface area contributed by atoms with Crippen LogP contribution < -0.4 is 21.3 Å². The molecule has 3 amide bonds. The quantitative estimate of drug-likeness (QED) is 0.160. The van der Waals surface area contributed by atoms with E-state index in [4.69, 9.17) is 10.5 Å². The van der Waals surface area contributed by atoms with E-state index in [2.05, 4.69) is 30.7 Å². The molecule has 0 bridgehead atoms. The van der Waals surface area contributed by atoms with Gasteiger partial charge in [-0.1, -0.05) is 57.2 Å². The number of piperazine rings is 1. The van der Waals surface area contributed by atoms with E-state index in [9.17, 15) is 24.3 Å². The van der Waals surface area contributed by atoms with Crippen LogP contribution in [0.25, 0.3) is 21.7 Å². The predicted molar refractivity (Wildman–Crippen MR) is 218 cm³/mol. The van der Waals surface area contributed by atoms with Gasteiger partial charge in [0.2, 0.25) is 17.7 Å². The van der Waals surface area contributed by atoms with Crippen molar-refractivity contribution in [2.75, 3.05) is 49.9 Å². The molecule has 2 aromatic heterocycles. The number of phenols is 1. The van der Waals surface area contributed by atoms with Gasteiger partial charge in [-0.3, -0.25) is 24.1 Å². The number of aryl methyl sites for hydroxylation is 1. The number of likely N-dealkylation sites (tertiary alicyclic amines) is 1. The van der Waals surface area contributed by atoms with Gasteiger partial charge in [0.15, 0.2) is 5.82 Å². The highest BCUT2D eigenvalue weighted by molar-refractivity contribution is 7.13. The maximum Gasteiger partial charge on any atom is 0.302 e. The highest BCUT2D eigenvalue weighted by Crippen LogP contribution is 2.33. The number of rotatable bonds is 11. The van der Waals surface area contributed by atoms with E-state index in [-0.39, 0.29) is 48.9 Å². The zero-order chi connectivity index (χ0) is 41.0. The number of aromatic nitrogens is 3. The molecule has 2 saturated heterocycles. The van der Waals surface area contributed by atoms with Crippen LogP contribution in [-0.4, -0.2) is 111 Å². The van der Waals surface area contributed by atoms with E-state index in [0.717, 1.165) is 21.7 Å². The first-order valence-corrected chi connectivity index (χ1v) is 19.9. The second kappa shape index (κ2) is 17.3. The molecule has 6 rings (SSSR count). The molecule has 15 nitrogen and oxygen atoms in total. The van der Waals surface area contributed by atoms with Gasteiger partial charge < -0.3 is 36.0 Å². The van der Waals surface area contributed by atoms with Crippen molar-refractivity contribution < 1.29 is 29.0 Å². The molecular weight excluding hydrogens is 747 g/mol. The minimum absolute atomic E-state index is 0.0246. The number of nitrogens with one attached hydrogen (secondary N) is 2. The summed E-state index contributed by atoms with van der Waals surface area (Å²) >= 11 is 1.57. The van der Waals surface area contributed by atoms with Gasteiger partial charge in [-0.25, -0.2) is 4.98 Å². The van der Waals surface area contributed by atoms with Gasteiger partial charge in [0.1, 0.15) is 23.9 Å². The third-order valence-electron chi connectivity index (χ3n) is 10.4. The van der Waals surface area contributed by atoms with Crippen LogP contribution in [0.3, 0.4) is 0 Å². The number of thiazole rings is 1. The normalized spacial score (nSPS) is 18.5. The van der Waals surface area contributed by atoms with Gasteiger partial charge in [0.05, 0.1) is 46.6 Å². The lowest BCUT2D eigenvalue weighted by Crippen LogP contribution is -2.59. The monoisotopic (exact) mass is 797 g/mol. The van der Waals surface area contributed by atoms with Crippen molar-refractivity contribution in [1.29, 1.82) is 0 Å². The molecule has 0 radical (unpaired) electrons. The van der Waals surface area contributed by atoms with Crippen LogP contribution in [0, 0.1) is 12.3 Å². The topological polar surface area (TPSA) is 196 Å². The van der Waals surface area contributed by atoms with Gasteiger partial charge >= 0.3 is 5.97 Å². The predicted octanol–water partition coefficient (Wildman–Crippen LogP) is 3.93. The van der Waals surface area contributed by atoms with Crippen LogP contribution in [0.5, 0.6) is 5.75 Å². The van der Waals surface area contributed by atoms with Gasteiger partial charge in [-0.05, 0) is 48.6 Å². The first kappa shape index (κ1) is 41.0. The lowest BCUT2D eigenvalue weighted by Gasteiger charge is -2.38. The fourth-order valence-electron chi connectivity index (χ4n) is 7.34. The van der Waals surface area contributed by atoms with Crippen LogP contribution >= 0.6 is 11.3 Å². The highest BCUT2D eigenvalue weighted by atomic mass is 32.1. The highest BCUT2D eigenvalue weighted by Gasteiger charge is 2.46. The van der Waals surface area contributed by atoms with Crippen LogP contribution in [0.15, 0.2) is 60.1 Å². The van der Waals surface area contributed by atoms with E-state index in [1.807, 2.05) is 75.4 Å². The van der Waals surface area contributed by atoms with Crippen molar-refractivity contribution in [2.24, 2.45) is 5.41 Å². The Morgan fingerprint density at radius 2 is 1.72 bits per heavy atom. The molecule has 4 aromatic rings. The number of nitrogens with two attached hydrogens (primary N) is 1. The Bertz CT molecular complexity index is 2090. The number of hydrogen-bond acceptors (Lipinski definition) is 13. The number of hydrogen-bond donors (Lipinski definition) is 4. The molecule has 0 spiro atoms. The minimum atomic E-state index is -0.964. The molecular formula is C41H51N9O6S. The molecule has 3 unspecified atom stereocenters. The molecule has 2 fully saturated rings. The molecule has 4 heterocycles. The number of aromatic hydroxyl groups is 1. The summed E-state index contributed by atoms with van der Waals surface area (Å²) in [5.41, 5.74) is 11.9. The maximum absolute atomic E-state index is 14.4. The lowest BCUT2D eigenvalue weighted by molar-refractivity contribution is -0.147. The Labute approximate surface area is 336 Å². The van der Waals surface area contributed by atoms with Crippen molar-refractivity contribution in [3.8, 4) is 27.4 Å². The van der Waals surface area contributed by atoms with Crippen LogP contribution in [0.2, 0.25) is 0 Å². The molecule has 2 aliphatic rings. The Kier molecular flexibility index (Phi) is 12.4. The Hall–Kier alpha value is -5.61. The van der Waals surface area contributed by atoms with Crippen molar-refractivity contribution >= 4 is 46.5 Å². The van der Waals surface area contributed by atoms with Crippen LogP contribution in [0.4, 0.5) is 11.5 Å². The summed E-state index contributed by atoms with van der Waals surface area (Å²) in [7, 11) is 0. The second-order valence-corrected chi connectivity index (χ2v) is 16.6. The maximum atomic E-state index is 14.4. The van der Waals surface area contributed by atoms with Crippen molar-refractivity contribution in [2.45, 2.75) is 72.2 Å². The fourth-order valence-corrected chi connectivity index (χ4v) is 8.15.